The minimum Gasteiger partial charge on any atom is -1.00 e. The van der Waals surface area contributed by atoms with Crippen LogP contribution in [0.5, 0.6) is 0 Å². The van der Waals surface area contributed by atoms with Crippen LogP contribution in [0.1, 0.15) is 4.19 Å². The Labute approximate surface area is 61.6 Å². The van der Waals surface area contributed by atoms with Gasteiger partial charge in [-0.05, 0) is 0 Å². The van der Waals surface area contributed by atoms with E-state index in [1.54, 1.807) is 22.7 Å². The molecule has 0 radical (unpaired) electrons. The zero-order chi connectivity index (χ0) is 4.41. The third-order valence-electron chi connectivity index (χ3n) is 0.524. The van der Waals surface area contributed by atoms with Gasteiger partial charge in [0.05, 0.1) is 22.7 Å². The Morgan fingerprint density at radius 3 is 2.57 bits per heavy atom. The van der Waals surface area contributed by atoms with Crippen molar-refractivity contribution in [1.82, 2.24) is 0 Å². The van der Waals surface area contributed by atoms with Crippen LogP contribution in [0.2, 0.25) is 0 Å². The maximum atomic E-state index is 2.12. The first-order chi connectivity index (χ1) is 2.89. The third kappa shape index (κ3) is 2.36. The lowest BCUT2D eigenvalue weighted by Crippen LogP contribution is -3.00. The Balaban J connectivity index is 0.000000360. The Morgan fingerprint density at radius 1 is 1.71 bits per heavy atom. The van der Waals surface area contributed by atoms with Crippen molar-refractivity contribution in [3.8, 4) is 0 Å². The largest absolute Gasteiger partial charge is 1.00 e. The lowest BCUT2D eigenvalue weighted by atomic mass is 11.0. The predicted octanol–water partition coefficient (Wildman–Crippen LogP) is -0.597. The molecule has 0 atom stereocenters. The van der Waals surface area contributed by atoms with Crippen LogP contribution in [0.4, 0.5) is 0 Å². The van der Waals surface area contributed by atoms with E-state index in [0.717, 1.165) is 0 Å². The predicted molar refractivity (Wildman–Crippen MR) is 31.3 cm³/mol. The summed E-state index contributed by atoms with van der Waals surface area (Å²) in [6.45, 7) is 2.12. The van der Waals surface area contributed by atoms with E-state index in [0.29, 0.717) is 0 Å². The van der Waals surface area contributed by atoms with Crippen LogP contribution in [-0.4, -0.2) is 0 Å². The molecular weight excluding hydrogens is 192 g/mol. The van der Waals surface area contributed by atoms with E-state index in [1.807, 2.05) is 0 Å². The van der Waals surface area contributed by atoms with Crippen LogP contribution >= 0.6 is 22.7 Å². The molecule has 0 fully saturated rings. The van der Waals surface area contributed by atoms with E-state index in [1.165, 1.54) is 4.19 Å². The molecule has 1 aromatic rings. The molecule has 0 saturated carbocycles. The van der Waals surface area contributed by atoms with Crippen molar-refractivity contribution >= 4 is 22.7 Å². The Morgan fingerprint density at radius 2 is 2.43 bits per heavy atom. The molecule has 40 valence electrons. The van der Waals surface area contributed by atoms with Crippen molar-refractivity contribution < 1.29 is 17.0 Å². The van der Waals surface area contributed by atoms with Crippen LogP contribution < -0.4 is 17.0 Å². The summed E-state index contributed by atoms with van der Waals surface area (Å²) in [6, 6.07) is 0. The molecule has 0 spiro atoms. The van der Waals surface area contributed by atoms with Crippen LogP contribution in [-0.2, 0) is 0 Å². The Hall–Kier alpha value is 0.530. The fourth-order valence-electron chi connectivity index (χ4n) is 0.275. The van der Waals surface area contributed by atoms with Gasteiger partial charge in [0.25, 0.3) is 4.19 Å². The van der Waals surface area contributed by atoms with E-state index in [2.05, 4.69) is 17.7 Å². The standard InChI is InChI=1S/C4H5S2.BrH/c1-4-5-2-3-6-4;/h2-3H,1H3;1H/q+1;/p-1. The molecule has 0 nitrogen and oxygen atoms in total. The summed E-state index contributed by atoms with van der Waals surface area (Å²) in [5, 5.41) is 4.19. The zero-order valence-corrected chi connectivity index (χ0v) is 7.07. The minimum atomic E-state index is 0. The van der Waals surface area contributed by atoms with Gasteiger partial charge >= 0.3 is 0 Å². The van der Waals surface area contributed by atoms with Gasteiger partial charge in [0.1, 0.15) is 10.8 Å². The molecule has 0 aliphatic rings. The molecular formula is C4H5BrS2. The van der Waals surface area contributed by atoms with Gasteiger partial charge in [0.2, 0.25) is 0 Å². The van der Waals surface area contributed by atoms with Crippen LogP contribution in [0, 0.1) is 6.92 Å². The SMILES string of the molecule is Cc1scc[s+]1.[Br-]. The lowest BCUT2D eigenvalue weighted by molar-refractivity contribution is -0.00000114. The Kier molecular flexibility index (Phi) is 3.79. The second-order valence-electron chi connectivity index (χ2n) is 0.999. The fraction of sp³-hybridized carbons (Fsp3) is 0.250. The van der Waals surface area contributed by atoms with Gasteiger partial charge in [-0.25, -0.2) is 0 Å². The van der Waals surface area contributed by atoms with Crippen molar-refractivity contribution in [1.29, 1.82) is 0 Å². The zero-order valence-electron chi connectivity index (χ0n) is 3.85. The molecule has 0 N–H and O–H groups in total. The van der Waals surface area contributed by atoms with E-state index >= 15 is 0 Å². The number of rotatable bonds is 0. The first kappa shape index (κ1) is 7.53. The highest BCUT2D eigenvalue weighted by Gasteiger charge is 1.93. The molecule has 0 bridgehead atoms. The van der Waals surface area contributed by atoms with Crippen LogP contribution in [0.15, 0.2) is 10.8 Å². The van der Waals surface area contributed by atoms with Gasteiger partial charge < -0.3 is 17.0 Å². The smallest absolute Gasteiger partial charge is 0.251 e. The van der Waals surface area contributed by atoms with Crippen LogP contribution in [0.3, 0.4) is 0 Å². The average Bonchev–Trinajstić information content (AvgIpc) is 1.86. The average molecular weight is 197 g/mol. The summed E-state index contributed by atoms with van der Waals surface area (Å²) in [5.74, 6) is 0. The van der Waals surface area contributed by atoms with Gasteiger partial charge in [-0.15, -0.1) is 0 Å². The third-order valence-corrected chi connectivity index (χ3v) is 2.48. The second kappa shape index (κ2) is 3.52. The highest BCUT2D eigenvalue weighted by atomic mass is 79.9. The molecule has 0 aliphatic heterocycles. The summed E-state index contributed by atoms with van der Waals surface area (Å²) in [7, 11) is 0. The molecule has 1 rings (SSSR count). The fourth-order valence-corrected chi connectivity index (χ4v) is 1.66. The van der Waals surface area contributed by atoms with Crippen molar-refractivity contribution in [2.75, 3.05) is 0 Å². The highest BCUT2D eigenvalue weighted by molar-refractivity contribution is 7.28. The summed E-state index contributed by atoms with van der Waals surface area (Å²) < 4.78 is 1.43. The van der Waals surface area contributed by atoms with Gasteiger partial charge in [-0.1, -0.05) is 0 Å². The molecule has 1 aromatic heterocycles. The molecule has 0 unspecified atom stereocenters. The van der Waals surface area contributed by atoms with Gasteiger partial charge in [-0.3, -0.25) is 0 Å². The highest BCUT2D eigenvalue weighted by Crippen LogP contribution is 2.11. The molecule has 0 amide bonds. The van der Waals surface area contributed by atoms with Gasteiger partial charge in [0.15, 0.2) is 0 Å². The summed E-state index contributed by atoms with van der Waals surface area (Å²) in [5.41, 5.74) is 0. The van der Waals surface area contributed by atoms with E-state index < -0.39 is 0 Å². The van der Waals surface area contributed by atoms with E-state index in [4.69, 9.17) is 0 Å². The number of aryl methyl sites for hydroxylation is 1. The molecule has 0 aliphatic carbocycles. The number of hydrogen-bond donors (Lipinski definition) is 0. The second-order valence-corrected chi connectivity index (χ2v) is 3.50. The van der Waals surface area contributed by atoms with Crippen molar-refractivity contribution in [2.45, 2.75) is 6.92 Å². The number of halogens is 1. The van der Waals surface area contributed by atoms with Crippen LogP contribution in [0.25, 0.3) is 0 Å². The van der Waals surface area contributed by atoms with E-state index in [9.17, 15) is 0 Å². The monoisotopic (exact) mass is 196 g/mol. The maximum Gasteiger partial charge on any atom is 0.251 e. The molecule has 0 saturated heterocycles. The van der Waals surface area contributed by atoms with Crippen molar-refractivity contribution in [2.24, 2.45) is 0 Å². The summed E-state index contributed by atoms with van der Waals surface area (Å²) in [6.07, 6.45) is 0. The van der Waals surface area contributed by atoms with Crippen molar-refractivity contribution in [3.63, 3.8) is 0 Å². The van der Waals surface area contributed by atoms with Gasteiger partial charge in [-0.2, -0.15) is 0 Å². The minimum absolute atomic E-state index is 0. The van der Waals surface area contributed by atoms with Gasteiger partial charge in [0, 0.05) is 6.92 Å². The first-order valence-electron chi connectivity index (χ1n) is 1.71. The molecule has 0 aromatic carbocycles. The van der Waals surface area contributed by atoms with E-state index in [-0.39, 0.29) is 17.0 Å². The lowest BCUT2D eigenvalue weighted by Gasteiger charge is -1.47. The number of hydrogen-bond acceptors (Lipinski definition) is 1. The topological polar surface area (TPSA) is 0 Å². The van der Waals surface area contributed by atoms with Crippen molar-refractivity contribution in [3.05, 3.63) is 15.0 Å². The summed E-state index contributed by atoms with van der Waals surface area (Å²) in [4.78, 5) is 0. The molecule has 1 heterocycles. The maximum absolute atomic E-state index is 2.12. The molecule has 7 heavy (non-hydrogen) atoms. The summed E-state index contributed by atoms with van der Waals surface area (Å²) >= 11 is 3.59. The molecule has 3 heteroatoms. The Bertz CT molecular complexity index is 113. The first-order valence-corrected chi connectivity index (χ1v) is 3.47. The quantitative estimate of drug-likeness (QED) is 0.487. The normalized spacial score (nSPS) is 7.57.